The van der Waals surface area contributed by atoms with Crippen LogP contribution in [0.1, 0.15) is 11.5 Å². The van der Waals surface area contributed by atoms with Crippen LogP contribution in [0.4, 0.5) is 0 Å². The van der Waals surface area contributed by atoms with Gasteiger partial charge < -0.3 is 9.94 Å². The monoisotopic (exact) mass is 345 g/mol. The van der Waals surface area contributed by atoms with E-state index < -0.39 is 21.7 Å². The van der Waals surface area contributed by atoms with E-state index in [4.69, 9.17) is 4.84 Å². The van der Waals surface area contributed by atoms with Crippen LogP contribution in [0.15, 0.2) is 58.6 Å². The minimum Gasteiger partial charge on any atom is -0.477 e. The zero-order valence-electron chi connectivity index (χ0n) is 12.8. The Balaban J connectivity index is 1.94. The number of hydrogen-bond donors (Lipinski definition) is 1. The van der Waals surface area contributed by atoms with Gasteiger partial charge in [0.05, 0.1) is 10.8 Å². The molecular weight excluding hydrogens is 330 g/mol. The fourth-order valence-electron chi connectivity index (χ4n) is 2.60. The molecule has 0 aliphatic carbocycles. The average Bonchev–Trinajstić information content (AvgIpc) is 3.04. The van der Waals surface area contributed by atoms with Crippen molar-refractivity contribution < 1.29 is 23.2 Å². The summed E-state index contributed by atoms with van der Waals surface area (Å²) in [4.78, 5) is 16.4. The van der Waals surface area contributed by atoms with Crippen molar-refractivity contribution in [2.24, 2.45) is 5.16 Å². The van der Waals surface area contributed by atoms with Crippen molar-refractivity contribution in [3.05, 3.63) is 54.1 Å². The van der Waals surface area contributed by atoms with E-state index >= 15 is 0 Å². The predicted octanol–water partition coefficient (Wildman–Crippen LogP) is 2.31. The lowest BCUT2D eigenvalue weighted by Crippen LogP contribution is -2.20. The number of carboxylic acid groups (broad SMARTS) is 1. The quantitative estimate of drug-likeness (QED) is 0.918. The molecule has 0 amide bonds. The Morgan fingerprint density at radius 2 is 1.88 bits per heavy atom. The van der Waals surface area contributed by atoms with Gasteiger partial charge in [0.15, 0.2) is 15.5 Å². The first-order valence-corrected chi connectivity index (χ1v) is 9.09. The second kappa shape index (κ2) is 6.09. The minimum absolute atomic E-state index is 0.0143. The van der Waals surface area contributed by atoms with Crippen molar-refractivity contribution in [2.75, 3.05) is 12.9 Å². The van der Waals surface area contributed by atoms with Crippen LogP contribution >= 0.6 is 0 Å². The van der Waals surface area contributed by atoms with Gasteiger partial charge in [-0.15, -0.1) is 0 Å². The normalized spacial score (nSPS) is 17.2. The molecule has 1 atom stereocenters. The summed E-state index contributed by atoms with van der Waals surface area (Å²) in [6, 6.07) is 14.0. The van der Waals surface area contributed by atoms with Crippen molar-refractivity contribution in [2.45, 2.75) is 10.8 Å². The molecule has 2 aromatic carbocycles. The molecule has 1 unspecified atom stereocenters. The summed E-state index contributed by atoms with van der Waals surface area (Å²) in [7, 11) is -3.24. The smallest absolute Gasteiger partial charge is 0.354 e. The van der Waals surface area contributed by atoms with Crippen LogP contribution in [-0.2, 0) is 19.5 Å². The highest BCUT2D eigenvalue weighted by Crippen LogP contribution is 2.28. The van der Waals surface area contributed by atoms with E-state index in [-0.39, 0.29) is 17.2 Å². The number of carboxylic acids is 1. The van der Waals surface area contributed by atoms with Gasteiger partial charge in [0.1, 0.15) is 6.61 Å². The maximum Gasteiger partial charge on any atom is 0.354 e. The van der Waals surface area contributed by atoms with Gasteiger partial charge in [-0.1, -0.05) is 41.6 Å². The van der Waals surface area contributed by atoms with Crippen LogP contribution in [0.2, 0.25) is 0 Å². The first-order valence-electron chi connectivity index (χ1n) is 7.20. The number of sulfone groups is 1. The summed E-state index contributed by atoms with van der Waals surface area (Å²) in [6.45, 7) is 0.193. The van der Waals surface area contributed by atoms with E-state index in [0.29, 0.717) is 0 Å². The van der Waals surface area contributed by atoms with Gasteiger partial charge in [0.25, 0.3) is 0 Å². The fourth-order valence-corrected chi connectivity index (χ4v) is 3.23. The summed E-state index contributed by atoms with van der Waals surface area (Å²) >= 11 is 0. The third kappa shape index (κ3) is 3.16. The number of rotatable bonds is 4. The fraction of sp³-hybridized carbons (Fsp3) is 0.176. The zero-order valence-corrected chi connectivity index (χ0v) is 13.7. The van der Waals surface area contributed by atoms with E-state index in [1.807, 2.05) is 24.3 Å². The van der Waals surface area contributed by atoms with Crippen LogP contribution in [0.5, 0.6) is 0 Å². The standard InChI is InChI=1S/C17H15NO5S/c1-24(21,22)14-7-5-11(6-8-14)12-3-2-4-13(9-12)15-10-23-18-16(15)17(19)20/h2-9,15H,10H2,1H3,(H,19,20). The minimum atomic E-state index is -3.24. The molecule has 0 saturated heterocycles. The predicted molar refractivity (Wildman–Crippen MR) is 88.8 cm³/mol. The lowest BCUT2D eigenvalue weighted by molar-refractivity contribution is -0.129. The summed E-state index contributed by atoms with van der Waals surface area (Å²) < 4.78 is 23.1. The highest BCUT2D eigenvalue weighted by Gasteiger charge is 2.30. The van der Waals surface area contributed by atoms with Gasteiger partial charge in [-0.05, 0) is 28.8 Å². The van der Waals surface area contributed by atoms with Crippen LogP contribution < -0.4 is 0 Å². The van der Waals surface area contributed by atoms with Crippen LogP contribution in [-0.4, -0.2) is 38.1 Å². The molecule has 6 nitrogen and oxygen atoms in total. The topological polar surface area (TPSA) is 93.0 Å². The Labute approximate surface area is 139 Å². The van der Waals surface area contributed by atoms with Gasteiger partial charge >= 0.3 is 5.97 Å². The molecule has 0 saturated carbocycles. The van der Waals surface area contributed by atoms with Gasteiger partial charge in [-0.25, -0.2) is 13.2 Å². The average molecular weight is 345 g/mol. The number of benzene rings is 2. The van der Waals surface area contributed by atoms with Gasteiger partial charge in [0, 0.05) is 6.26 Å². The second-order valence-corrected chi connectivity index (χ2v) is 7.57. The summed E-state index contributed by atoms with van der Waals surface area (Å²) in [5.74, 6) is -1.52. The summed E-state index contributed by atoms with van der Waals surface area (Å²) in [5.41, 5.74) is 2.49. The number of nitrogens with zero attached hydrogens (tertiary/aromatic N) is 1. The van der Waals surface area contributed by atoms with E-state index in [2.05, 4.69) is 5.16 Å². The third-order valence-corrected chi connectivity index (χ3v) is 4.99. The molecule has 1 aliphatic rings. The number of aliphatic carboxylic acids is 1. The molecular formula is C17H15NO5S. The molecule has 0 bridgehead atoms. The summed E-state index contributed by atoms with van der Waals surface area (Å²) in [6.07, 6.45) is 1.16. The molecule has 0 fully saturated rings. The first kappa shape index (κ1) is 16.2. The Morgan fingerprint density at radius 3 is 2.50 bits per heavy atom. The highest BCUT2D eigenvalue weighted by molar-refractivity contribution is 7.90. The van der Waals surface area contributed by atoms with Gasteiger partial charge in [-0.2, -0.15) is 0 Å². The van der Waals surface area contributed by atoms with Crippen molar-refractivity contribution in [1.82, 2.24) is 0 Å². The molecule has 2 aromatic rings. The van der Waals surface area contributed by atoms with Crippen molar-refractivity contribution in [3.63, 3.8) is 0 Å². The SMILES string of the molecule is CS(=O)(=O)c1ccc(-c2cccc(C3CON=C3C(=O)O)c2)cc1. The van der Waals surface area contributed by atoms with Crippen LogP contribution in [0.3, 0.4) is 0 Å². The lowest BCUT2D eigenvalue weighted by Gasteiger charge is -2.11. The Hall–Kier alpha value is -2.67. The van der Waals surface area contributed by atoms with Gasteiger partial charge in [0.2, 0.25) is 0 Å². The maximum atomic E-state index is 11.5. The molecule has 3 rings (SSSR count). The Kier molecular flexibility index (Phi) is 4.11. The number of carbonyl (C=O) groups is 1. The molecule has 1 N–H and O–H groups in total. The van der Waals surface area contributed by atoms with Crippen molar-refractivity contribution in [3.8, 4) is 11.1 Å². The molecule has 0 aromatic heterocycles. The highest BCUT2D eigenvalue weighted by atomic mass is 32.2. The Morgan fingerprint density at radius 1 is 1.17 bits per heavy atom. The van der Waals surface area contributed by atoms with Crippen molar-refractivity contribution >= 4 is 21.5 Å². The number of hydrogen-bond acceptors (Lipinski definition) is 5. The van der Waals surface area contributed by atoms with E-state index in [1.165, 1.54) is 0 Å². The second-order valence-electron chi connectivity index (χ2n) is 5.55. The molecule has 124 valence electrons. The lowest BCUT2D eigenvalue weighted by atomic mass is 9.92. The van der Waals surface area contributed by atoms with Crippen LogP contribution in [0, 0.1) is 0 Å². The molecule has 1 aliphatic heterocycles. The van der Waals surface area contributed by atoms with E-state index in [9.17, 15) is 18.3 Å². The summed E-state index contributed by atoms with van der Waals surface area (Å²) in [5, 5.41) is 12.8. The molecule has 0 radical (unpaired) electrons. The van der Waals surface area contributed by atoms with E-state index in [1.54, 1.807) is 24.3 Å². The molecule has 24 heavy (non-hydrogen) atoms. The van der Waals surface area contributed by atoms with Crippen LogP contribution in [0.25, 0.3) is 11.1 Å². The van der Waals surface area contributed by atoms with Crippen molar-refractivity contribution in [1.29, 1.82) is 0 Å². The van der Waals surface area contributed by atoms with E-state index in [0.717, 1.165) is 22.9 Å². The maximum absolute atomic E-state index is 11.5. The molecule has 1 heterocycles. The molecule has 7 heteroatoms. The first-order chi connectivity index (χ1) is 11.4. The zero-order chi connectivity index (χ0) is 17.3. The largest absolute Gasteiger partial charge is 0.477 e. The van der Waals surface area contributed by atoms with Gasteiger partial charge in [-0.3, -0.25) is 0 Å². The Bertz CT molecular complexity index is 916. The number of oxime groups is 1. The molecule has 0 spiro atoms. The third-order valence-electron chi connectivity index (χ3n) is 3.86.